The third-order valence-electron chi connectivity index (χ3n) is 5.18. The van der Waals surface area contributed by atoms with E-state index in [1.54, 1.807) is 0 Å². The third kappa shape index (κ3) is 3.95. The molecule has 0 unspecified atom stereocenters. The summed E-state index contributed by atoms with van der Waals surface area (Å²) < 4.78 is 0. The number of nitrogens with two attached hydrogens (primary N) is 1. The van der Waals surface area contributed by atoms with Gasteiger partial charge >= 0.3 is 0 Å². The highest BCUT2D eigenvalue weighted by atomic mass is 16.1. The molecule has 0 heterocycles. The van der Waals surface area contributed by atoms with Crippen molar-refractivity contribution in [3.05, 3.63) is 0 Å². The Morgan fingerprint density at radius 1 is 1.37 bits per heavy atom. The summed E-state index contributed by atoms with van der Waals surface area (Å²) in [5, 5.41) is 3.45. The molecule has 0 aliphatic heterocycles. The molecule has 0 spiro atoms. The van der Waals surface area contributed by atoms with Crippen LogP contribution in [0.2, 0.25) is 0 Å². The summed E-state index contributed by atoms with van der Waals surface area (Å²) in [5.74, 6) is 1.09. The molecule has 0 saturated heterocycles. The van der Waals surface area contributed by atoms with E-state index in [1.165, 1.54) is 6.42 Å². The second kappa shape index (κ2) is 6.25. The summed E-state index contributed by atoms with van der Waals surface area (Å²) in [6, 6.07) is 0. The van der Waals surface area contributed by atoms with E-state index >= 15 is 0 Å². The van der Waals surface area contributed by atoms with E-state index < -0.39 is 5.54 Å². The fraction of sp³-hybridized carbons (Fsp3) is 0.938. The van der Waals surface area contributed by atoms with Crippen molar-refractivity contribution in [3.63, 3.8) is 0 Å². The molecule has 0 bridgehead atoms. The second-order valence-electron chi connectivity index (χ2n) is 7.34. The van der Waals surface area contributed by atoms with Gasteiger partial charge in [0.1, 0.15) is 0 Å². The minimum Gasteiger partial charge on any atom is -0.368 e. The van der Waals surface area contributed by atoms with Gasteiger partial charge in [-0.25, -0.2) is 0 Å². The predicted octanol–water partition coefficient (Wildman–Crippen LogP) is 3.08. The van der Waals surface area contributed by atoms with Gasteiger partial charge in [-0.2, -0.15) is 0 Å². The molecule has 1 aliphatic rings. The molecule has 3 heteroatoms. The Balaban J connectivity index is 2.67. The molecule has 0 aromatic carbocycles. The summed E-state index contributed by atoms with van der Waals surface area (Å²) >= 11 is 0. The SMILES string of the molecule is CCC(C)(C)C1CCC(NCC(C)C)(C(N)=O)CC1. The topological polar surface area (TPSA) is 55.1 Å². The maximum Gasteiger partial charge on any atom is 0.237 e. The average molecular weight is 268 g/mol. The first-order valence-corrected chi connectivity index (χ1v) is 7.78. The van der Waals surface area contributed by atoms with Gasteiger partial charge in [0.25, 0.3) is 0 Å². The molecule has 0 radical (unpaired) electrons. The van der Waals surface area contributed by atoms with Crippen LogP contribution in [0.4, 0.5) is 0 Å². The highest BCUT2D eigenvalue weighted by Gasteiger charge is 2.43. The van der Waals surface area contributed by atoms with E-state index in [1.807, 2.05) is 0 Å². The van der Waals surface area contributed by atoms with Gasteiger partial charge in [-0.05, 0) is 49.5 Å². The third-order valence-corrected chi connectivity index (χ3v) is 5.18. The van der Waals surface area contributed by atoms with Gasteiger partial charge in [0, 0.05) is 0 Å². The van der Waals surface area contributed by atoms with Crippen molar-refractivity contribution in [1.29, 1.82) is 0 Å². The summed E-state index contributed by atoms with van der Waals surface area (Å²) in [6.45, 7) is 12.1. The molecule has 1 fully saturated rings. The number of amides is 1. The van der Waals surface area contributed by atoms with Crippen LogP contribution < -0.4 is 11.1 Å². The van der Waals surface area contributed by atoms with Crippen molar-refractivity contribution < 1.29 is 4.79 Å². The first-order chi connectivity index (χ1) is 8.73. The Kier molecular flexibility index (Phi) is 5.43. The highest BCUT2D eigenvalue weighted by molar-refractivity contribution is 5.84. The summed E-state index contributed by atoms with van der Waals surface area (Å²) in [6.07, 6.45) is 5.19. The number of rotatable bonds is 6. The minimum absolute atomic E-state index is 0.166. The first-order valence-electron chi connectivity index (χ1n) is 7.78. The van der Waals surface area contributed by atoms with Crippen LogP contribution in [-0.4, -0.2) is 18.0 Å². The van der Waals surface area contributed by atoms with Gasteiger partial charge in [0.2, 0.25) is 5.91 Å². The average Bonchev–Trinajstić information content (AvgIpc) is 2.36. The van der Waals surface area contributed by atoms with E-state index in [9.17, 15) is 4.79 Å². The van der Waals surface area contributed by atoms with Crippen molar-refractivity contribution >= 4 is 5.91 Å². The van der Waals surface area contributed by atoms with Gasteiger partial charge in [0.15, 0.2) is 0 Å². The number of primary amides is 1. The monoisotopic (exact) mass is 268 g/mol. The fourth-order valence-electron chi connectivity index (χ4n) is 3.09. The van der Waals surface area contributed by atoms with Crippen molar-refractivity contribution in [2.45, 2.75) is 72.3 Å². The molecule has 0 aromatic rings. The zero-order valence-corrected chi connectivity index (χ0v) is 13.4. The highest BCUT2D eigenvalue weighted by Crippen LogP contribution is 2.43. The van der Waals surface area contributed by atoms with Gasteiger partial charge in [-0.3, -0.25) is 4.79 Å². The van der Waals surface area contributed by atoms with Crippen molar-refractivity contribution in [3.8, 4) is 0 Å². The standard InChI is InChI=1S/C16H32N2O/c1-6-15(4,5)13-7-9-16(10-8-13,14(17)19)18-11-12(2)3/h12-13,18H,6-11H2,1-5H3,(H2,17,19). The molecule has 0 atom stereocenters. The lowest BCUT2D eigenvalue weighted by Gasteiger charge is -2.44. The van der Waals surface area contributed by atoms with Crippen LogP contribution in [0, 0.1) is 17.3 Å². The van der Waals surface area contributed by atoms with Crippen molar-refractivity contribution in [2.75, 3.05) is 6.54 Å². The van der Waals surface area contributed by atoms with E-state index in [-0.39, 0.29) is 5.91 Å². The quantitative estimate of drug-likeness (QED) is 0.778. The maximum atomic E-state index is 11.9. The Labute approximate surface area is 118 Å². The first kappa shape index (κ1) is 16.5. The molecule has 1 amide bonds. The van der Waals surface area contributed by atoms with Gasteiger partial charge in [-0.1, -0.05) is 41.0 Å². The molecule has 3 nitrogen and oxygen atoms in total. The summed E-state index contributed by atoms with van der Waals surface area (Å²) in [7, 11) is 0. The summed E-state index contributed by atoms with van der Waals surface area (Å²) in [4.78, 5) is 11.9. The van der Waals surface area contributed by atoms with Crippen LogP contribution in [-0.2, 0) is 4.79 Å². The molecule has 112 valence electrons. The van der Waals surface area contributed by atoms with E-state index in [4.69, 9.17) is 5.73 Å². The summed E-state index contributed by atoms with van der Waals surface area (Å²) in [5.41, 5.74) is 5.60. The molecule has 19 heavy (non-hydrogen) atoms. The fourth-order valence-corrected chi connectivity index (χ4v) is 3.09. The molecular weight excluding hydrogens is 236 g/mol. The lowest BCUT2D eigenvalue weighted by molar-refractivity contribution is -0.126. The lowest BCUT2D eigenvalue weighted by atomic mass is 9.65. The van der Waals surface area contributed by atoms with Crippen molar-refractivity contribution in [2.24, 2.45) is 23.0 Å². The molecule has 3 N–H and O–H groups in total. The molecule has 1 rings (SSSR count). The number of carbonyl (C=O) groups is 1. The molecule has 0 aromatic heterocycles. The van der Waals surface area contributed by atoms with Crippen molar-refractivity contribution in [1.82, 2.24) is 5.32 Å². The van der Waals surface area contributed by atoms with Gasteiger partial charge < -0.3 is 11.1 Å². The normalized spacial score (nSPS) is 28.6. The van der Waals surface area contributed by atoms with Crippen LogP contribution in [0.5, 0.6) is 0 Å². The van der Waals surface area contributed by atoms with E-state index in [2.05, 4.69) is 39.9 Å². The van der Waals surface area contributed by atoms with Crippen LogP contribution in [0.3, 0.4) is 0 Å². The molecule has 1 aliphatic carbocycles. The molecular formula is C16H32N2O. The largest absolute Gasteiger partial charge is 0.368 e. The number of hydrogen-bond acceptors (Lipinski definition) is 2. The molecule has 1 saturated carbocycles. The zero-order chi connectivity index (χ0) is 14.7. The Bertz CT molecular complexity index is 302. The lowest BCUT2D eigenvalue weighted by Crippen LogP contribution is -2.58. The Morgan fingerprint density at radius 3 is 2.26 bits per heavy atom. The number of hydrogen-bond donors (Lipinski definition) is 2. The minimum atomic E-state index is -0.454. The van der Waals surface area contributed by atoms with E-state index in [0.717, 1.165) is 32.2 Å². The maximum absolute atomic E-state index is 11.9. The Morgan fingerprint density at radius 2 is 1.89 bits per heavy atom. The van der Waals surface area contributed by atoms with E-state index in [0.29, 0.717) is 17.3 Å². The predicted molar refractivity (Wildman–Crippen MR) is 80.8 cm³/mol. The van der Waals surface area contributed by atoms with Crippen LogP contribution in [0.1, 0.15) is 66.7 Å². The van der Waals surface area contributed by atoms with Crippen LogP contribution in [0.15, 0.2) is 0 Å². The second-order valence-corrected chi connectivity index (χ2v) is 7.34. The van der Waals surface area contributed by atoms with Gasteiger partial charge in [-0.15, -0.1) is 0 Å². The number of nitrogens with one attached hydrogen (secondary N) is 1. The zero-order valence-electron chi connectivity index (χ0n) is 13.4. The Hall–Kier alpha value is -0.570. The van der Waals surface area contributed by atoms with Crippen LogP contribution >= 0.6 is 0 Å². The van der Waals surface area contributed by atoms with Crippen LogP contribution in [0.25, 0.3) is 0 Å². The van der Waals surface area contributed by atoms with Gasteiger partial charge in [0.05, 0.1) is 5.54 Å². The smallest absolute Gasteiger partial charge is 0.237 e. The number of carbonyl (C=O) groups excluding carboxylic acids is 1.